The third kappa shape index (κ3) is 2.45. The van der Waals surface area contributed by atoms with Gasteiger partial charge in [-0.3, -0.25) is 0 Å². The number of hydrogen-bond acceptors (Lipinski definition) is 0. The molecular formula is C13H18. The van der Waals surface area contributed by atoms with Crippen molar-refractivity contribution in [1.29, 1.82) is 0 Å². The van der Waals surface area contributed by atoms with Crippen LogP contribution in [0.15, 0.2) is 30.3 Å². The summed E-state index contributed by atoms with van der Waals surface area (Å²) in [5, 5.41) is 0. The molecule has 0 aliphatic heterocycles. The zero-order valence-corrected chi connectivity index (χ0v) is 8.80. The van der Waals surface area contributed by atoms with Gasteiger partial charge >= 0.3 is 0 Å². The minimum atomic E-state index is 1.11. The summed E-state index contributed by atoms with van der Waals surface area (Å²) in [4.78, 5) is 0. The monoisotopic (exact) mass is 174 g/mol. The zero-order valence-electron chi connectivity index (χ0n) is 8.80. The summed E-state index contributed by atoms with van der Waals surface area (Å²) >= 11 is 0. The second-order valence-electron chi connectivity index (χ2n) is 3.22. The average Bonchev–Trinajstić information content (AvgIpc) is 2.21. The van der Waals surface area contributed by atoms with E-state index in [9.17, 15) is 0 Å². The van der Waals surface area contributed by atoms with E-state index in [0.29, 0.717) is 0 Å². The van der Waals surface area contributed by atoms with Crippen molar-refractivity contribution in [3.8, 4) is 0 Å². The molecule has 1 aromatic rings. The van der Waals surface area contributed by atoms with Crippen LogP contribution in [0.25, 0.3) is 5.57 Å². The average molecular weight is 174 g/mol. The molecule has 0 N–H and O–H groups in total. The van der Waals surface area contributed by atoms with Gasteiger partial charge in [0.05, 0.1) is 0 Å². The fourth-order valence-corrected chi connectivity index (χ4v) is 1.53. The predicted molar refractivity (Wildman–Crippen MR) is 59.8 cm³/mol. The van der Waals surface area contributed by atoms with Crippen LogP contribution in [0.1, 0.15) is 38.3 Å². The molecule has 0 fully saturated rings. The van der Waals surface area contributed by atoms with Crippen molar-refractivity contribution in [2.24, 2.45) is 0 Å². The fourth-order valence-electron chi connectivity index (χ4n) is 1.53. The molecule has 0 heteroatoms. The lowest BCUT2D eigenvalue weighted by Crippen LogP contribution is -1.84. The SMILES string of the molecule is CC=C(CC)c1ccc(CC)cc1. The van der Waals surface area contributed by atoms with Gasteiger partial charge in [0.2, 0.25) is 0 Å². The summed E-state index contributed by atoms with van der Waals surface area (Å²) in [7, 11) is 0. The van der Waals surface area contributed by atoms with Crippen molar-refractivity contribution >= 4 is 5.57 Å². The van der Waals surface area contributed by atoms with Crippen LogP contribution in [-0.4, -0.2) is 0 Å². The van der Waals surface area contributed by atoms with Gasteiger partial charge in [-0.15, -0.1) is 0 Å². The van der Waals surface area contributed by atoms with Gasteiger partial charge in [-0.25, -0.2) is 0 Å². The Balaban J connectivity index is 2.91. The number of allylic oxidation sites excluding steroid dienone is 2. The number of rotatable bonds is 3. The lowest BCUT2D eigenvalue weighted by molar-refractivity contribution is 1.14. The quantitative estimate of drug-likeness (QED) is 0.648. The van der Waals surface area contributed by atoms with E-state index < -0.39 is 0 Å². The first-order chi connectivity index (χ1) is 6.31. The lowest BCUT2D eigenvalue weighted by atomic mass is 10.0. The Labute approximate surface area is 81.3 Å². The van der Waals surface area contributed by atoms with Gasteiger partial charge in [-0.05, 0) is 36.5 Å². The Morgan fingerprint density at radius 2 is 1.77 bits per heavy atom. The minimum Gasteiger partial charge on any atom is -0.0839 e. The molecular weight excluding hydrogens is 156 g/mol. The normalized spacial score (nSPS) is 11.8. The van der Waals surface area contributed by atoms with Crippen molar-refractivity contribution in [2.45, 2.75) is 33.6 Å². The molecule has 0 saturated heterocycles. The number of hydrogen-bond donors (Lipinski definition) is 0. The van der Waals surface area contributed by atoms with Crippen LogP contribution in [0.4, 0.5) is 0 Å². The molecule has 1 aromatic carbocycles. The molecule has 0 amide bonds. The van der Waals surface area contributed by atoms with Crippen LogP contribution < -0.4 is 0 Å². The number of benzene rings is 1. The summed E-state index contributed by atoms with van der Waals surface area (Å²) in [6.45, 7) is 6.49. The summed E-state index contributed by atoms with van der Waals surface area (Å²) in [5.74, 6) is 0. The molecule has 0 spiro atoms. The standard InChI is InChI=1S/C13H18/c1-4-11-7-9-13(10-8-11)12(5-2)6-3/h5,7-10H,4,6H2,1-3H3. The Morgan fingerprint density at radius 3 is 2.15 bits per heavy atom. The maximum atomic E-state index is 2.22. The maximum Gasteiger partial charge on any atom is -0.0228 e. The molecule has 1 rings (SSSR count). The largest absolute Gasteiger partial charge is 0.0839 e. The highest BCUT2D eigenvalue weighted by Crippen LogP contribution is 2.18. The van der Waals surface area contributed by atoms with Crippen molar-refractivity contribution in [1.82, 2.24) is 0 Å². The molecule has 0 aromatic heterocycles. The Morgan fingerprint density at radius 1 is 1.15 bits per heavy atom. The van der Waals surface area contributed by atoms with E-state index in [1.54, 1.807) is 0 Å². The van der Waals surface area contributed by atoms with E-state index in [4.69, 9.17) is 0 Å². The predicted octanol–water partition coefficient (Wildman–Crippen LogP) is 4.06. The van der Waals surface area contributed by atoms with E-state index in [0.717, 1.165) is 12.8 Å². The van der Waals surface area contributed by atoms with Gasteiger partial charge < -0.3 is 0 Å². The third-order valence-electron chi connectivity index (χ3n) is 2.46. The summed E-state index contributed by atoms with van der Waals surface area (Å²) in [6.07, 6.45) is 4.43. The number of aryl methyl sites for hydroxylation is 1. The van der Waals surface area contributed by atoms with Crippen LogP contribution in [0, 0.1) is 0 Å². The second-order valence-corrected chi connectivity index (χ2v) is 3.22. The molecule has 0 unspecified atom stereocenters. The van der Waals surface area contributed by atoms with Crippen LogP contribution in [-0.2, 0) is 6.42 Å². The molecule has 0 nitrogen and oxygen atoms in total. The van der Waals surface area contributed by atoms with Gasteiger partial charge in [0, 0.05) is 0 Å². The second kappa shape index (κ2) is 4.86. The Kier molecular flexibility index (Phi) is 3.75. The first kappa shape index (κ1) is 10.0. The Hall–Kier alpha value is -1.04. The van der Waals surface area contributed by atoms with Gasteiger partial charge in [0.25, 0.3) is 0 Å². The van der Waals surface area contributed by atoms with E-state index in [2.05, 4.69) is 51.1 Å². The third-order valence-corrected chi connectivity index (χ3v) is 2.46. The highest BCUT2D eigenvalue weighted by molar-refractivity contribution is 5.65. The van der Waals surface area contributed by atoms with Crippen molar-refractivity contribution in [2.75, 3.05) is 0 Å². The van der Waals surface area contributed by atoms with Crippen LogP contribution >= 0.6 is 0 Å². The van der Waals surface area contributed by atoms with E-state index in [-0.39, 0.29) is 0 Å². The minimum absolute atomic E-state index is 1.11. The van der Waals surface area contributed by atoms with Crippen LogP contribution in [0.5, 0.6) is 0 Å². The van der Waals surface area contributed by atoms with E-state index in [1.807, 2.05) is 0 Å². The summed E-state index contributed by atoms with van der Waals surface area (Å²) in [5.41, 5.74) is 4.21. The molecule has 0 atom stereocenters. The fraction of sp³-hybridized carbons (Fsp3) is 0.385. The molecule has 0 aliphatic rings. The van der Waals surface area contributed by atoms with Crippen molar-refractivity contribution in [3.63, 3.8) is 0 Å². The molecule has 0 heterocycles. The van der Waals surface area contributed by atoms with E-state index >= 15 is 0 Å². The van der Waals surface area contributed by atoms with Gasteiger partial charge in [-0.2, -0.15) is 0 Å². The van der Waals surface area contributed by atoms with Crippen molar-refractivity contribution < 1.29 is 0 Å². The molecule has 70 valence electrons. The first-order valence-corrected chi connectivity index (χ1v) is 5.06. The topological polar surface area (TPSA) is 0 Å². The molecule has 13 heavy (non-hydrogen) atoms. The smallest absolute Gasteiger partial charge is 0.0228 e. The Bertz CT molecular complexity index is 277. The van der Waals surface area contributed by atoms with Crippen LogP contribution in [0.3, 0.4) is 0 Å². The van der Waals surface area contributed by atoms with Gasteiger partial charge in [-0.1, -0.05) is 44.2 Å². The van der Waals surface area contributed by atoms with Gasteiger partial charge in [0.1, 0.15) is 0 Å². The van der Waals surface area contributed by atoms with Crippen LogP contribution in [0.2, 0.25) is 0 Å². The van der Waals surface area contributed by atoms with E-state index in [1.165, 1.54) is 16.7 Å². The highest BCUT2D eigenvalue weighted by Gasteiger charge is 1.96. The molecule has 0 bridgehead atoms. The zero-order chi connectivity index (χ0) is 9.68. The molecule has 0 radical (unpaired) electrons. The maximum absolute atomic E-state index is 2.22. The molecule has 0 saturated carbocycles. The summed E-state index contributed by atoms with van der Waals surface area (Å²) in [6, 6.07) is 8.87. The van der Waals surface area contributed by atoms with Crippen molar-refractivity contribution in [3.05, 3.63) is 41.5 Å². The first-order valence-electron chi connectivity index (χ1n) is 5.06. The highest BCUT2D eigenvalue weighted by atomic mass is 14.0. The summed E-state index contributed by atoms with van der Waals surface area (Å²) < 4.78 is 0. The van der Waals surface area contributed by atoms with Gasteiger partial charge in [0.15, 0.2) is 0 Å². The molecule has 0 aliphatic carbocycles. The lowest BCUT2D eigenvalue weighted by Gasteiger charge is -2.04.